The summed E-state index contributed by atoms with van der Waals surface area (Å²) in [6.07, 6.45) is 0. The lowest BCUT2D eigenvalue weighted by molar-refractivity contribution is -0.384. The van der Waals surface area contributed by atoms with Crippen LogP contribution in [-0.4, -0.2) is 32.1 Å². The van der Waals surface area contributed by atoms with E-state index < -0.39 is 14.9 Å². The first-order chi connectivity index (χ1) is 14.7. The van der Waals surface area contributed by atoms with Gasteiger partial charge in [-0.1, -0.05) is 23.4 Å². The number of nitro benzene ring substituents is 1. The van der Waals surface area contributed by atoms with Crippen LogP contribution >= 0.6 is 0 Å². The molecule has 0 spiro atoms. The first kappa shape index (κ1) is 22.3. The van der Waals surface area contributed by atoms with Gasteiger partial charge in [-0.2, -0.15) is 0 Å². The number of sulfonamides is 1. The van der Waals surface area contributed by atoms with E-state index in [-0.39, 0.29) is 17.1 Å². The summed E-state index contributed by atoms with van der Waals surface area (Å²) < 4.78 is 32.8. The summed E-state index contributed by atoms with van der Waals surface area (Å²) in [6.45, 7) is 5.81. The summed E-state index contributed by atoms with van der Waals surface area (Å²) in [4.78, 5) is 12.8. The molecule has 0 amide bonds. The molecule has 164 valence electrons. The Bertz CT molecular complexity index is 1170. The zero-order valence-corrected chi connectivity index (χ0v) is 18.6. The molecule has 10 heteroatoms. The van der Waals surface area contributed by atoms with Crippen molar-refractivity contribution in [3.05, 3.63) is 75.7 Å². The number of aromatic nitrogens is 1. The SMILES string of the molecule is CCN(c1ccccc1)S(=O)(=O)c1ccc(N(C)Cc2c(C)noc2C)c([N+](=O)[O-])c1. The van der Waals surface area contributed by atoms with Crippen molar-refractivity contribution in [1.29, 1.82) is 0 Å². The number of rotatable bonds is 8. The number of benzene rings is 2. The molecule has 1 aromatic heterocycles. The number of para-hydroxylation sites is 1. The lowest BCUT2D eigenvalue weighted by atomic mass is 10.1. The van der Waals surface area contributed by atoms with Gasteiger partial charge in [-0.15, -0.1) is 0 Å². The van der Waals surface area contributed by atoms with Crippen LogP contribution in [0.1, 0.15) is 23.9 Å². The number of nitro groups is 1. The highest BCUT2D eigenvalue weighted by atomic mass is 32.2. The summed E-state index contributed by atoms with van der Waals surface area (Å²) >= 11 is 0. The van der Waals surface area contributed by atoms with Gasteiger partial charge in [-0.3, -0.25) is 14.4 Å². The van der Waals surface area contributed by atoms with E-state index >= 15 is 0 Å². The van der Waals surface area contributed by atoms with Gasteiger partial charge in [0, 0.05) is 31.8 Å². The van der Waals surface area contributed by atoms with Crippen molar-refractivity contribution in [2.75, 3.05) is 22.8 Å². The van der Waals surface area contributed by atoms with Crippen LogP contribution in [0.2, 0.25) is 0 Å². The van der Waals surface area contributed by atoms with Gasteiger partial charge < -0.3 is 9.42 Å². The predicted molar refractivity (Wildman–Crippen MR) is 118 cm³/mol. The topological polar surface area (TPSA) is 110 Å². The van der Waals surface area contributed by atoms with Gasteiger partial charge in [0.1, 0.15) is 11.4 Å². The Morgan fingerprint density at radius 1 is 1.13 bits per heavy atom. The Balaban J connectivity index is 2.01. The number of nitrogens with zero attached hydrogens (tertiary/aromatic N) is 4. The number of aryl methyl sites for hydroxylation is 2. The van der Waals surface area contributed by atoms with Crippen LogP contribution < -0.4 is 9.21 Å². The van der Waals surface area contributed by atoms with E-state index in [9.17, 15) is 18.5 Å². The molecule has 0 saturated carbocycles. The van der Waals surface area contributed by atoms with Crippen LogP contribution in [0.4, 0.5) is 17.1 Å². The molecule has 0 bridgehead atoms. The van der Waals surface area contributed by atoms with Crippen molar-refractivity contribution in [3.8, 4) is 0 Å². The summed E-state index contributed by atoms with van der Waals surface area (Å²) in [5.41, 5.74) is 2.03. The molecular weight excluding hydrogens is 420 g/mol. The Hall–Kier alpha value is -3.40. The minimum Gasteiger partial charge on any atom is -0.365 e. The molecule has 0 aliphatic carbocycles. The summed E-state index contributed by atoms with van der Waals surface area (Å²) in [5, 5.41) is 15.7. The summed E-state index contributed by atoms with van der Waals surface area (Å²) in [5.74, 6) is 0.632. The highest BCUT2D eigenvalue weighted by molar-refractivity contribution is 7.92. The van der Waals surface area contributed by atoms with Crippen molar-refractivity contribution in [2.45, 2.75) is 32.2 Å². The van der Waals surface area contributed by atoms with E-state index in [0.29, 0.717) is 29.4 Å². The van der Waals surface area contributed by atoms with Gasteiger partial charge in [0.25, 0.3) is 15.7 Å². The molecule has 0 N–H and O–H groups in total. The minimum atomic E-state index is -3.98. The maximum absolute atomic E-state index is 13.2. The third-order valence-electron chi connectivity index (χ3n) is 5.05. The highest BCUT2D eigenvalue weighted by Crippen LogP contribution is 2.33. The van der Waals surface area contributed by atoms with Crippen LogP contribution in [-0.2, 0) is 16.6 Å². The van der Waals surface area contributed by atoms with E-state index in [4.69, 9.17) is 4.52 Å². The fourth-order valence-electron chi connectivity index (χ4n) is 3.40. The van der Waals surface area contributed by atoms with Crippen LogP contribution in [0.5, 0.6) is 0 Å². The predicted octanol–water partition coefficient (Wildman–Crippen LogP) is 4.05. The van der Waals surface area contributed by atoms with E-state index in [2.05, 4.69) is 5.16 Å². The van der Waals surface area contributed by atoms with Gasteiger partial charge >= 0.3 is 0 Å². The average molecular weight is 445 g/mol. The molecule has 2 aromatic carbocycles. The second-order valence-electron chi connectivity index (χ2n) is 7.07. The molecular formula is C21H24N4O5S. The summed E-state index contributed by atoms with van der Waals surface area (Å²) in [6, 6.07) is 12.6. The maximum Gasteiger partial charge on any atom is 0.293 e. The first-order valence-electron chi connectivity index (χ1n) is 9.66. The molecule has 3 rings (SSSR count). The normalized spacial score (nSPS) is 11.4. The highest BCUT2D eigenvalue weighted by Gasteiger charge is 2.28. The monoisotopic (exact) mass is 444 g/mol. The Morgan fingerprint density at radius 2 is 1.81 bits per heavy atom. The van der Waals surface area contributed by atoms with Crippen LogP contribution in [0, 0.1) is 24.0 Å². The van der Waals surface area contributed by atoms with Gasteiger partial charge in [-0.05, 0) is 45.0 Å². The molecule has 0 atom stereocenters. The van der Waals surface area contributed by atoms with Gasteiger partial charge in [0.2, 0.25) is 0 Å². The second kappa shape index (κ2) is 8.76. The van der Waals surface area contributed by atoms with Crippen molar-refractivity contribution in [3.63, 3.8) is 0 Å². The Labute approximate surface area is 181 Å². The van der Waals surface area contributed by atoms with Gasteiger partial charge in [-0.25, -0.2) is 8.42 Å². The molecule has 0 aliphatic heterocycles. The fraction of sp³-hybridized carbons (Fsp3) is 0.286. The van der Waals surface area contributed by atoms with Crippen molar-refractivity contribution in [1.82, 2.24) is 5.16 Å². The second-order valence-corrected chi connectivity index (χ2v) is 8.93. The average Bonchev–Trinajstić information content (AvgIpc) is 3.06. The minimum absolute atomic E-state index is 0.139. The standard InChI is InChI=1S/C21H24N4O5S/c1-5-24(17-9-7-6-8-10-17)31(28,29)18-11-12-20(21(13-18)25(26)27)23(4)14-19-15(2)22-30-16(19)3/h6-13H,5,14H2,1-4H3. The molecule has 0 saturated heterocycles. The largest absolute Gasteiger partial charge is 0.365 e. The number of anilines is 2. The van der Waals surface area contributed by atoms with Crippen LogP contribution in [0.25, 0.3) is 0 Å². The molecule has 0 unspecified atom stereocenters. The van der Waals surface area contributed by atoms with Crippen LogP contribution in [0.3, 0.4) is 0 Å². The Morgan fingerprint density at radius 3 is 2.35 bits per heavy atom. The molecule has 0 fully saturated rings. The smallest absolute Gasteiger partial charge is 0.293 e. The quantitative estimate of drug-likeness (QED) is 0.381. The van der Waals surface area contributed by atoms with Gasteiger partial charge in [0.05, 0.1) is 21.2 Å². The van der Waals surface area contributed by atoms with Gasteiger partial charge in [0.15, 0.2) is 0 Å². The maximum atomic E-state index is 13.2. The third-order valence-corrected chi connectivity index (χ3v) is 6.95. The fourth-order valence-corrected chi connectivity index (χ4v) is 4.89. The van der Waals surface area contributed by atoms with Crippen LogP contribution in [0.15, 0.2) is 57.9 Å². The first-order valence-corrected chi connectivity index (χ1v) is 11.1. The zero-order chi connectivity index (χ0) is 22.8. The van der Waals surface area contributed by atoms with E-state index in [0.717, 1.165) is 11.6 Å². The van der Waals surface area contributed by atoms with Crippen molar-refractivity contribution < 1.29 is 17.9 Å². The Kier molecular flexibility index (Phi) is 6.30. The number of hydrogen-bond acceptors (Lipinski definition) is 7. The molecule has 9 nitrogen and oxygen atoms in total. The van der Waals surface area contributed by atoms with E-state index in [1.54, 1.807) is 63.1 Å². The zero-order valence-electron chi connectivity index (χ0n) is 17.8. The summed E-state index contributed by atoms with van der Waals surface area (Å²) in [7, 11) is -2.28. The molecule has 0 radical (unpaired) electrons. The molecule has 31 heavy (non-hydrogen) atoms. The lowest BCUT2D eigenvalue weighted by Crippen LogP contribution is -2.30. The van der Waals surface area contributed by atoms with E-state index in [1.807, 2.05) is 0 Å². The molecule has 0 aliphatic rings. The third kappa shape index (κ3) is 4.38. The van der Waals surface area contributed by atoms with E-state index in [1.165, 1.54) is 16.4 Å². The molecule has 1 heterocycles. The number of hydrogen-bond donors (Lipinski definition) is 0. The lowest BCUT2D eigenvalue weighted by Gasteiger charge is -2.24. The molecule has 3 aromatic rings. The van der Waals surface area contributed by atoms with Crippen molar-refractivity contribution in [2.24, 2.45) is 0 Å². The van der Waals surface area contributed by atoms with Crippen molar-refractivity contribution >= 4 is 27.1 Å².